The van der Waals surface area contributed by atoms with E-state index in [4.69, 9.17) is 0 Å². The molecule has 0 aliphatic carbocycles. The van der Waals surface area contributed by atoms with E-state index in [-0.39, 0.29) is 4.47 Å². The lowest BCUT2D eigenvalue weighted by Crippen LogP contribution is -2.02. The van der Waals surface area contributed by atoms with E-state index in [0.717, 1.165) is 18.9 Å². The second kappa shape index (κ2) is 6.45. The molecule has 0 saturated heterocycles. The highest BCUT2D eigenvalue weighted by molar-refractivity contribution is 9.10. The van der Waals surface area contributed by atoms with Gasteiger partial charge in [-0.25, -0.2) is 8.78 Å². The molecule has 1 N–H and O–H groups in total. The molecule has 17 heavy (non-hydrogen) atoms. The SMILES string of the molecule is CC(C)CCCC(O)c1ccc(F)c(F)c1Br. The van der Waals surface area contributed by atoms with Crippen LogP contribution in [0, 0.1) is 17.6 Å². The molecule has 0 aliphatic rings. The van der Waals surface area contributed by atoms with Crippen LogP contribution in [0.1, 0.15) is 44.8 Å². The van der Waals surface area contributed by atoms with Crippen molar-refractivity contribution in [3.8, 4) is 0 Å². The zero-order chi connectivity index (χ0) is 13.0. The number of hydrogen-bond acceptors (Lipinski definition) is 1. The van der Waals surface area contributed by atoms with Crippen LogP contribution in [-0.4, -0.2) is 5.11 Å². The Labute approximate surface area is 109 Å². The topological polar surface area (TPSA) is 20.2 Å². The van der Waals surface area contributed by atoms with Crippen LogP contribution in [0.5, 0.6) is 0 Å². The van der Waals surface area contributed by atoms with Crippen LogP contribution >= 0.6 is 15.9 Å². The summed E-state index contributed by atoms with van der Waals surface area (Å²) >= 11 is 2.98. The van der Waals surface area contributed by atoms with E-state index in [1.54, 1.807) is 0 Å². The van der Waals surface area contributed by atoms with Gasteiger partial charge in [0.25, 0.3) is 0 Å². The molecule has 1 unspecified atom stereocenters. The van der Waals surface area contributed by atoms with Crippen LogP contribution in [0.15, 0.2) is 16.6 Å². The molecule has 96 valence electrons. The maximum absolute atomic E-state index is 13.3. The minimum Gasteiger partial charge on any atom is -0.388 e. The third kappa shape index (κ3) is 4.03. The molecule has 4 heteroatoms. The summed E-state index contributed by atoms with van der Waals surface area (Å²) in [5, 5.41) is 9.91. The van der Waals surface area contributed by atoms with Crippen LogP contribution in [-0.2, 0) is 0 Å². The minimum atomic E-state index is -0.939. The summed E-state index contributed by atoms with van der Waals surface area (Å²) in [5.41, 5.74) is 0.410. The predicted molar refractivity (Wildman–Crippen MR) is 67.7 cm³/mol. The molecule has 0 radical (unpaired) electrons. The average Bonchev–Trinajstić information content (AvgIpc) is 2.25. The van der Waals surface area contributed by atoms with Crippen molar-refractivity contribution in [2.75, 3.05) is 0 Å². The number of aliphatic hydroxyl groups is 1. The van der Waals surface area contributed by atoms with Crippen LogP contribution in [0.4, 0.5) is 8.78 Å². The summed E-state index contributed by atoms with van der Waals surface area (Å²) in [7, 11) is 0. The first-order valence-electron chi connectivity index (χ1n) is 5.75. The lowest BCUT2D eigenvalue weighted by Gasteiger charge is -2.14. The van der Waals surface area contributed by atoms with Gasteiger partial charge in [0, 0.05) is 0 Å². The average molecular weight is 307 g/mol. The first-order valence-corrected chi connectivity index (χ1v) is 6.54. The lowest BCUT2D eigenvalue weighted by molar-refractivity contribution is 0.160. The first-order chi connectivity index (χ1) is 7.93. The van der Waals surface area contributed by atoms with Gasteiger partial charge in [-0.1, -0.05) is 32.8 Å². The predicted octanol–water partition coefficient (Wildman–Crippen LogP) is 4.59. The van der Waals surface area contributed by atoms with E-state index in [1.165, 1.54) is 6.07 Å². The van der Waals surface area contributed by atoms with E-state index in [2.05, 4.69) is 29.8 Å². The Bertz CT molecular complexity index is 380. The molecule has 1 atom stereocenters. The summed E-state index contributed by atoms with van der Waals surface area (Å²) in [4.78, 5) is 0. The van der Waals surface area contributed by atoms with E-state index in [1.807, 2.05) is 0 Å². The zero-order valence-electron chi connectivity index (χ0n) is 10.0. The Morgan fingerprint density at radius 2 is 1.88 bits per heavy atom. The molecular formula is C13H17BrF2O. The second-order valence-electron chi connectivity index (χ2n) is 4.61. The van der Waals surface area contributed by atoms with E-state index in [9.17, 15) is 13.9 Å². The summed E-state index contributed by atoms with van der Waals surface area (Å²) in [6, 6.07) is 2.46. The maximum Gasteiger partial charge on any atom is 0.173 e. The summed E-state index contributed by atoms with van der Waals surface area (Å²) < 4.78 is 26.2. The molecule has 0 heterocycles. The van der Waals surface area contributed by atoms with E-state index in [0.29, 0.717) is 17.9 Å². The van der Waals surface area contributed by atoms with Gasteiger partial charge in [-0.2, -0.15) is 0 Å². The first kappa shape index (κ1) is 14.6. The zero-order valence-corrected chi connectivity index (χ0v) is 11.6. The van der Waals surface area contributed by atoms with Crippen molar-refractivity contribution in [2.24, 2.45) is 5.92 Å². The molecule has 0 aliphatic heterocycles. The molecule has 1 aromatic carbocycles. The highest BCUT2D eigenvalue weighted by atomic mass is 79.9. The molecule has 0 fully saturated rings. The quantitative estimate of drug-likeness (QED) is 0.789. The van der Waals surface area contributed by atoms with Crippen molar-refractivity contribution < 1.29 is 13.9 Å². The van der Waals surface area contributed by atoms with Gasteiger partial charge in [0.05, 0.1) is 10.6 Å². The third-order valence-corrected chi connectivity index (χ3v) is 3.49. The fraction of sp³-hybridized carbons (Fsp3) is 0.538. The van der Waals surface area contributed by atoms with Crippen LogP contribution < -0.4 is 0 Å². The smallest absolute Gasteiger partial charge is 0.173 e. The van der Waals surface area contributed by atoms with Crippen molar-refractivity contribution in [1.29, 1.82) is 0 Å². The van der Waals surface area contributed by atoms with E-state index >= 15 is 0 Å². The molecule has 1 aromatic rings. The van der Waals surface area contributed by atoms with Crippen LogP contribution in [0.2, 0.25) is 0 Å². The molecule has 1 nitrogen and oxygen atoms in total. The van der Waals surface area contributed by atoms with Gasteiger partial charge in [-0.3, -0.25) is 0 Å². The second-order valence-corrected chi connectivity index (χ2v) is 5.40. The van der Waals surface area contributed by atoms with Crippen molar-refractivity contribution in [1.82, 2.24) is 0 Å². The molecular weight excluding hydrogens is 290 g/mol. The molecule has 0 spiro atoms. The van der Waals surface area contributed by atoms with Gasteiger partial charge in [0.2, 0.25) is 0 Å². The number of benzene rings is 1. The van der Waals surface area contributed by atoms with Gasteiger partial charge < -0.3 is 5.11 Å². The Morgan fingerprint density at radius 1 is 1.24 bits per heavy atom. The number of hydrogen-bond donors (Lipinski definition) is 1. The molecule has 1 rings (SSSR count). The van der Waals surface area contributed by atoms with Gasteiger partial charge in [-0.05, 0) is 39.9 Å². The molecule has 0 bridgehead atoms. The molecule has 0 saturated carbocycles. The van der Waals surface area contributed by atoms with Gasteiger partial charge in [0.15, 0.2) is 11.6 Å². The molecule has 0 aromatic heterocycles. The Balaban J connectivity index is 2.69. The number of halogens is 3. The summed E-state index contributed by atoms with van der Waals surface area (Å²) in [6.07, 6.45) is 1.68. The van der Waals surface area contributed by atoms with Crippen molar-refractivity contribution >= 4 is 15.9 Å². The Hall–Kier alpha value is -0.480. The fourth-order valence-corrected chi connectivity index (χ4v) is 2.26. The van der Waals surface area contributed by atoms with E-state index < -0.39 is 17.7 Å². The van der Waals surface area contributed by atoms with Crippen LogP contribution in [0.3, 0.4) is 0 Å². The van der Waals surface area contributed by atoms with Gasteiger partial charge in [0.1, 0.15) is 0 Å². The normalized spacial score (nSPS) is 13.1. The largest absolute Gasteiger partial charge is 0.388 e. The Kier molecular flexibility index (Phi) is 5.53. The monoisotopic (exact) mass is 306 g/mol. The summed E-state index contributed by atoms with van der Waals surface area (Å²) in [6.45, 7) is 4.22. The molecule has 0 amide bonds. The summed E-state index contributed by atoms with van der Waals surface area (Å²) in [5.74, 6) is -1.27. The number of aliphatic hydroxyl groups excluding tert-OH is 1. The van der Waals surface area contributed by atoms with Crippen molar-refractivity contribution in [2.45, 2.75) is 39.2 Å². The fourth-order valence-electron chi connectivity index (χ4n) is 1.67. The minimum absolute atomic E-state index is 0.0227. The lowest BCUT2D eigenvalue weighted by atomic mass is 10.00. The highest BCUT2D eigenvalue weighted by Crippen LogP contribution is 2.30. The maximum atomic E-state index is 13.3. The van der Waals surface area contributed by atoms with Gasteiger partial charge >= 0.3 is 0 Å². The highest BCUT2D eigenvalue weighted by Gasteiger charge is 2.16. The Morgan fingerprint density at radius 3 is 2.47 bits per heavy atom. The number of rotatable bonds is 5. The van der Waals surface area contributed by atoms with Crippen LogP contribution in [0.25, 0.3) is 0 Å². The van der Waals surface area contributed by atoms with Crippen molar-refractivity contribution in [3.63, 3.8) is 0 Å². The third-order valence-electron chi connectivity index (χ3n) is 2.68. The van der Waals surface area contributed by atoms with Gasteiger partial charge in [-0.15, -0.1) is 0 Å². The standard InChI is InChI=1S/C13H17BrF2O/c1-8(2)4-3-5-11(17)9-6-7-10(15)13(16)12(9)14/h6-8,11,17H,3-5H2,1-2H3. The van der Waals surface area contributed by atoms with Crippen molar-refractivity contribution in [3.05, 3.63) is 33.8 Å².